The number of halogens is 2. The molecular weight excluding hydrogens is 445 g/mol. The number of likely N-dealkylation sites (tertiary alicyclic amines) is 1. The lowest BCUT2D eigenvalue weighted by molar-refractivity contribution is -0.118. The van der Waals surface area contributed by atoms with Crippen LogP contribution in [-0.4, -0.2) is 50.2 Å². The van der Waals surface area contributed by atoms with Crippen LogP contribution in [0.15, 0.2) is 47.8 Å². The fourth-order valence-corrected chi connectivity index (χ4v) is 5.65. The van der Waals surface area contributed by atoms with Gasteiger partial charge in [0.2, 0.25) is 0 Å². The molecule has 2 fully saturated rings. The van der Waals surface area contributed by atoms with E-state index < -0.39 is 0 Å². The van der Waals surface area contributed by atoms with Gasteiger partial charge in [-0.1, -0.05) is 11.6 Å². The zero-order chi connectivity index (χ0) is 22.6. The summed E-state index contributed by atoms with van der Waals surface area (Å²) in [5.74, 6) is 0.501. The lowest BCUT2D eigenvalue weighted by atomic mass is 9.61. The summed E-state index contributed by atoms with van der Waals surface area (Å²) in [5.41, 5.74) is 1.49. The fourth-order valence-electron chi connectivity index (χ4n) is 5.40. The number of nitrogens with zero attached hydrogens (tertiary/aromatic N) is 4. The Bertz CT molecular complexity index is 1400. The zero-order valence-electron chi connectivity index (χ0n) is 17.9. The van der Waals surface area contributed by atoms with Crippen molar-refractivity contribution in [3.63, 3.8) is 0 Å². The van der Waals surface area contributed by atoms with E-state index >= 15 is 0 Å². The Balaban J connectivity index is 1.00. The van der Waals surface area contributed by atoms with Gasteiger partial charge in [-0.3, -0.25) is 9.20 Å². The molecule has 170 valence electrons. The molecule has 1 spiro atoms. The molecule has 2 aliphatic rings. The third kappa shape index (κ3) is 3.67. The van der Waals surface area contributed by atoms with E-state index in [4.69, 9.17) is 16.3 Å². The first kappa shape index (κ1) is 20.6. The number of rotatable bonds is 6. The van der Waals surface area contributed by atoms with Crippen LogP contribution in [0.5, 0.6) is 5.75 Å². The summed E-state index contributed by atoms with van der Waals surface area (Å²) < 4.78 is 22.1. The molecule has 1 saturated heterocycles. The first-order chi connectivity index (χ1) is 16.0. The minimum Gasteiger partial charge on any atom is -0.490 e. The molecule has 1 aromatic carbocycles. The van der Waals surface area contributed by atoms with Gasteiger partial charge in [0.25, 0.3) is 5.56 Å². The molecular formula is C24H23ClFN5O2. The predicted octanol–water partition coefficient (Wildman–Crippen LogP) is 3.84. The summed E-state index contributed by atoms with van der Waals surface area (Å²) in [4.78, 5) is 17.2. The van der Waals surface area contributed by atoms with Crippen LogP contribution < -0.4 is 10.3 Å². The van der Waals surface area contributed by atoms with E-state index in [-0.39, 0.29) is 17.5 Å². The molecule has 0 bridgehead atoms. The Morgan fingerprint density at radius 1 is 1.27 bits per heavy atom. The number of fused-ring (bicyclic) bond motifs is 2. The van der Waals surface area contributed by atoms with Crippen LogP contribution in [0.25, 0.3) is 16.4 Å². The van der Waals surface area contributed by atoms with Crippen LogP contribution in [-0.2, 0) is 6.42 Å². The molecule has 6 rings (SSSR count). The van der Waals surface area contributed by atoms with E-state index in [1.165, 1.54) is 12.5 Å². The third-order valence-corrected chi connectivity index (χ3v) is 7.28. The van der Waals surface area contributed by atoms with E-state index in [2.05, 4.69) is 20.1 Å². The van der Waals surface area contributed by atoms with Crippen molar-refractivity contribution in [3.8, 4) is 5.75 Å². The number of pyridine rings is 2. The molecule has 4 aromatic rings. The van der Waals surface area contributed by atoms with Crippen molar-refractivity contribution in [2.75, 3.05) is 19.6 Å². The van der Waals surface area contributed by atoms with Gasteiger partial charge in [-0.2, -0.15) is 0 Å². The molecule has 1 aliphatic heterocycles. The van der Waals surface area contributed by atoms with Crippen molar-refractivity contribution in [1.29, 1.82) is 0 Å². The van der Waals surface area contributed by atoms with E-state index in [9.17, 15) is 9.18 Å². The number of ether oxygens (including phenoxy) is 1. The van der Waals surface area contributed by atoms with Crippen molar-refractivity contribution in [2.24, 2.45) is 5.41 Å². The van der Waals surface area contributed by atoms with Crippen LogP contribution in [0.2, 0.25) is 5.02 Å². The lowest BCUT2D eigenvalue weighted by Gasteiger charge is -2.58. The second kappa shape index (κ2) is 7.81. The highest BCUT2D eigenvalue weighted by Gasteiger charge is 2.53. The first-order valence-electron chi connectivity index (χ1n) is 11.2. The highest BCUT2D eigenvalue weighted by molar-refractivity contribution is 6.35. The molecule has 4 heterocycles. The molecule has 33 heavy (non-hydrogen) atoms. The van der Waals surface area contributed by atoms with Gasteiger partial charge in [-0.05, 0) is 62.1 Å². The van der Waals surface area contributed by atoms with Gasteiger partial charge >= 0.3 is 0 Å². The van der Waals surface area contributed by atoms with Gasteiger partial charge in [0, 0.05) is 36.3 Å². The number of benzene rings is 1. The zero-order valence-corrected chi connectivity index (χ0v) is 18.7. The van der Waals surface area contributed by atoms with Crippen LogP contribution in [0, 0.1) is 11.2 Å². The van der Waals surface area contributed by atoms with E-state index in [0.29, 0.717) is 39.2 Å². The van der Waals surface area contributed by atoms with Crippen LogP contribution in [0.1, 0.15) is 24.8 Å². The first-order valence-corrected chi connectivity index (χ1v) is 11.5. The maximum Gasteiger partial charge on any atom is 0.257 e. The molecule has 7 nitrogen and oxygen atoms in total. The van der Waals surface area contributed by atoms with Crippen molar-refractivity contribution in [3.05, 3.63) is 69.7 Å². The summed E-state index contributed by atoms with van der Waals surface area (Å²) in [6.07, 6.45) is 8.33. The Morgan fingerprint density at radius 3 is 2.97 bits per heavy atom. The standard InChI is InChI=1S/C24H23ClFN5O2/c25-18-3-4-20(17-5-6-27-23(32)22(17)18)33-16-9-24(10-16)12-30(13-24)7-1-2-15-8-21-29-28-14-31(21)11-19(15)26/h3-6,8,11,14,16H,1-2,7,9-10,12-13H2,(H,27,32). The largest absolute Gasteiger partial charge is 0.490 e. The van der Waals surface area contributed by atoms with Crippen LogP contribution >= 0.6 is 11.6 Å². The molecule has 1 N–H and O–H groups in total. The SMILES string of the molecule is O=c1[nH]ccc2c(OC3CC4(C3)CN(CCCc3cc5nncn5cc3F)C4)ccc(Cl)c12. The average molecular weight is 468 g/mol. The van der Waals surface area contributed by atoms with E-state index in [1.807, 2.05) is 12.1 Å². The summed E-state index contributed by atoms with van der Waals surface area (Å²) in [5, 5.41) is 9.45. The number of aromatic amines is 1. The number of aryl methyl sites for hydroxylation is 1. The van der Waals surface area contributed by atoms with Crippen LogP contribution in [0.3, 0.4) is 0 Å². The van der Waals surface area contributed by atoms with Gasteiger partial charge in [0.05, 0.1) is 16.5 Å². The Hall–Kier alpha value is -2.97. The molecule has 0 atom stereocenters. The van der Waals surface area contributed by atoms with Crippen molar-refractivity contribution < 1.29 is 9.13 Å². The average Bonchev–Trinajstić information content (AvgIpc) is 3.19. The summed E-state index contributed by atoms with van der Waals surface area (Å²) >= 11 is 6.21. The highest BCUT2D eigenvalue weighted by Crippen LogP contribution is 2.50. The number of hydrogen-bond donors (Lipinski definition) is 1. The Morgan fingerprint density at radius 2 is 2.12 bits per heavy atom. The third-order valence-electron chi connectivity index (χ3n) is 6.96. The number of aromatic nitrogens is 4. The van der Waals surface area contributed by atoms with Gasteiger partial charge in [-0.25, -0.2) is 4.39 Å². The monoisotopic (exact) mass is 467 g/mol. The van der Waals surface area contributed by atoms with Gasteiger partial charge in [0.15, 0.2) is 5.65 Å². The summed E-state index contributed by atoms with van der Waals surface area (Å²) in [6, 6.07) is 7.18. The minimum atomic E-state index is -0.210. The van der Waals surface area contributed by atoms with Gasteiger partial charge in [-0.15, -0.1) is 10.2 Å². The Kier molecular flexibility index (Phi) is 4.88. The smallest absolute Gasteiger partial charge is 0.257 e. The van der Waals surface area contributed by atoms with Crippen molar-refractivity contribution >= 4 is 28.0 Å². The van der Waals surface area contributed by atoms with E-state index in [0.717, 1.165) is 44.3 Å². The second-order valence-corrected chi connectivity index (χ2v) is 9.75. The molecule has 0 amide bonds. The Labute approximate surface area is 194 Å². The molecule has 3 aromatic heterocycles. The van der Waals surface area contributed by atoms with Crippen molar-refractivity contribution in [1.82, 2.24) is 24.5 Å². The summed E-state index contributed by atoms with van der Waals surface area (Å²) in [6.45, 7) is 3.06. The molecule has 1 aliphatic carbocycles. The highest BCUT2D eigenvalue weighted by atomic mass is 35.5. The lowest BCUT2D eigenvalue weighted by Crippen LogP contribution is -2.64. The molecule has 0 unspecified atom stereocenters. The quantitative estimate of drug-likeness (QED) is 0.466. The second-order valence-electron chi connectivity index (χ2n) is 9.35. The minimum absolute atomic E-state index is 0.153. The van der Waals surface area contributed by atoms with Gasteiger partial charge < -0.3 is 14.6 Å². The van der Waals surface area contributed by atoms with Gasteiger partial charge in [0.1, 0.15) is 17.9 Å². The van der Waals surface area contributed by atoms with Crippen molar-refractivity contribution in [2.45, 2.75) is 31.8 Å². The number of nitrogens with one attached hydrogen (secondary N) is 1. The normalized spacial score (nSPS) is 18.0. The maximum atomic E-state index is 14.2. The number of H-pyrrole nitrogens is 1. The maximum absolute atomic E-state index is 14.2. The fraction of sp³-hybridized carbons (Fsp3) is 0.375. The molecule has 9 heteroatoms. The topological polar surface area (TPSA) is 75.5 Å². The predicted molar refractivity (Wildman–Crippen MR) is 123 cm³/mol. The molecule has 0 radical (unpaired) electrons. The summed E-state index contributed by atoms with van der Waals surface area (Å²) in [7, 11) is 0. The van der Waals surface area contributed by atoms with E-state index in [1.54, 1.807) is 22.7 Å². The number of hydrogen-bond acceptors (Lipinski definition) is 5. The molecule has 1 saturated carbocycles. The van der Waals surface area contributed by atoms with Crippen LogP contribution in [0.4, 0.5) is 4.39 Å².